The number of amides is 1. The van der Waals surface area contributed by atoms with Crippen molar-refractivity contribution in [3.8, 4) is 0 Å². The second-order valence-corrected chi connectivity index (χ2v) is 10.7. The van der Waals surface area contributed by atoms with Gasteiger partial charge < -0.3 is 4.90 Å². The predicted octanol–water partition coefficient (Wildman–Crippen LogP) is 2.69. The van der Waals surface area contributed by atoms with Gasteiger partial charge in [0.15, 0.2) is 0 Å². The Bertz CT molecular complexity index is 1250. The number of carbonyl (C=O) groups is 1. The lowest BCUT2D eigenvalue weighted by Crippen LogP contribution is -2.50. The monoisotopic (exact) mass is 463 g/mol. The third-order valence-corrected chi connectivity index (χ3v) is 8.75. The Morgan fingerprint density at radius 2 is 1.93 bits per heavy atom. The molecule has 10 heteroatoms. The lowest BCUT2D eigenvalue weighted by Gasteiger charge is -2.33. The molecule has 0 bridgehead atoms. The number of sulfonamides is 1. The summed E-state index contributed by atoms with van der Waals surface area (Å²) in [6.45, 7) is 3.59. The van der Waals surface area contributed by atoms with Crippen LogP contribution in [0.15, 0.2) is 51.5 Å². The Balaban J connectivity index is 1.46. The van der Waals surface area contributed by atoms with E-state index < -0.39 is 10.0 Å². The number of fused-ring (bicyclic) bond motifs is 1. The Labute approximate surface area is 182 Å². The Kier molecular flexibility index (Phi) is 5.92. The summed E-state index contributed by atoms with van der Waals surface area (Å²) in [6, 6.07) is 8.67. The first-order chi connectivity index (χ1) is 14.4. The Morgan fingerprint density at radius 3 is 2.60 bits per heavy atom. The number of aryl methyl sites for hydroxylation is 1. The molecule has 0 saturated carbocycles. The molecule has 0 atom stereocenters. The molecule has 1 aliphatic heterocycles. The standard InChI is InChI=1S/C20H21N3O4S3/c1-2-23-17-7-6-16(14-18(17)29-20(23)25)30(26,27)22-11-9-21(10-12-22)19(24)8-5-15-4-3-13-28-15/h3-8,13-14H,2,9-12H2,1H3. The van der Waals surface area contributed by atoms with Crippen LogP contribution in [0.3, 0.4) is 0 Å². The van der Waals surface area contributed by atoms with E-state index in [2.05, 4.69) is 0 Å². The van der Waals surface area contributed by atoms with Crippen molar-refractivity contribution < 1.29 is 13.2 Å². The van der Waals surface area contributed by atoms with Crippen molar-refractivity contribution in [2.45, 2.75) is 18.4 Å². The van der Waals surface area contributed by atoms with Gasteiger partial charge in [-0.2, -0.15) is 4.31 Å². The molecule has 4 rings (SSSR count). The predicted molar refractivity (Wildman–Crippen MR) is 120 cm³/mol. The number of aromatic nitrogens is 1. The molecule has 1 aromatic carbocycles. The van der Waals surface area contributed by atoms with Crippen molar-refractivity contribution in [2.24, 2.45) is 0 Å². The van der Waals surface area contributed by atoms with Gasteiger partial charge in [0.25, 0.3) is 0 Å². The van der Waals surface area contributed by atoms with Crippen LogP contribution in [0.4, 0.5) is 0 Å². The maximum atomic E-state index is 13.1. The van der Waals surface area contributed by atoms with Crippen molar-refractivity contribution in [3.63, 3.8) is 0 Å². The molecule has 30 heavy (non-hydrogen) atoms. The molecule has 3 aromatic rings. The van der Waals surface area contributed by atoms with Crippen LogP contribution in [-0.2, 0) is 21.4 Å². The number of piperazine rings is 1. The molecule has 2 aromatic heterocycles. The zero-order valence-corrected chi connectivity index (χ0v) is 18.8. The topological polar surface area (TPSA) is 79.7 Å². The van der Waals surface area contributed by atoms with Crippen LogP contribution in [0.25, 0.3) is 16.3 Å². The minimum absolute atomic E-state index is 0.0928. The summed E-state index contributed by atoms with van der Waals surface area (Å²) in [5, 5.41) is 1.95. The molecule has 0 radical (unpaired) electrons. The summed E-state index contributed by atoms with van der Waals surface area (Å²) in [5.41, 5.74) is 0.749. The van der Waals surface area contributed by atoms with Crippen LogP contribution in [0.1, 0.15) is 11.8 Å². The normalized spacial score (nSPS) is 16.0. The lowest BCUT2D eigenvalue weighted by molar-refractivity contribution is -0.127. The highest BCUT2D eigenvalue weighted by atomic mass is 32.2. The van der Waals surface area contributed by atoms with E-state index in [0.717, 1.165) is 21.7 Å². The molecular formula is C20H21N3O4S3. The van der Waals surface area contributed by atoms with Crippen molar-refractivity contribution in [1.29, 1.82) is 0 Å². The van der Waals surface area contributed by atoms with E-state index >= 15 is 0 Å². The molecule has 1 aliphatic rings. The van der Waals surface area contributed by atoms with Crippen molar-refractivity contribution in [2.75, 3.05) is 26.2 Å². The van der Waals surface area contributed by atoms with E-state index in [-0.39, 0.29) is 28.8 Å². The van der Waals surface area contributed by atoms with Gasteiger partial charge in [0.2, 0.25) is 15.9 Å². The number of rotatable bonds is 5. The summed E-state index contributed by atoms with van der Waals surface area (Å²) in [7, 11) is -3.69. The maximum absolute atomic E-state index is 13.1. The number of hydrogen-bond donors (Lipinski definition) is 0. The van der Waals surface area contributed by atoms with Crippen molar-refractivity contribution in [1.82, 2.24) is 13.8 Å². The van der Waals surface area contributed by atoms with E-state index in [1.165, 1.54) is 10.4 Å². The molecular weight excluding hydrogens is 442 g/mol. The number of benzene rings is 1. The minimum Gasteiger partial charge on any atom is -0.337 e. The fourth-order valence-corrected chi connectivity index (χ4v) is 6.59. The van der Waals surface area contributed by atoms with Gasteiger partial charge in [-0.05, 0) is 42.6 Å². The summed E-state index contributed by atoms with van der Waals surface area (Å²) in [6.07, 6.45) is 3.31. The second-order valence-electron chi connectivity index (χ2n) is 6.82. The highest BCUT2D eigenvalue weighted by Gasteiger charge is 2.30. The fraction of sp³-hybridized carbons (Fsp3) is 0.300. The third-order valence-electron chi connectivity index (χ3n) is 5.08. The Hall–Kier alpha value is -2.27. The van der Waals surface area contributed by atoms with Crippen LogP contribution in [0.5, 0.6) is 0 Å². The van der Waals surface area contributed by atoms with Gasteiger partial charge in [0.1, 0.15) is 0 Å². The highest BCUT2D eigenvalue weighted by Crippen LogP contribution is 2.25. The molecule has 0 spiro atoms. The van der Waals surface area contributed by atoms with Gasteiger partial charge >= 0.3 is 4.87 Å². The van der Waals surface area contributed by atoms with Crippen LogP contribution < -0.4 is 4.87 Å². The average Bonchev–Trinajstić information content (AvgIpc) is 3.38. The molecule has 158 valence electrons. The molecule has 7 nitrogen and oxygen atoms in total. The average molecular weight is 464 g/mol. The first kappa shape index (κ1) is 21.0. The first-order valence-electron chi connectivity index (χ1n) is 9.54. The van der Waals surface area contributed by atoms with Crippen LogP contribution in [-0.4, -0.2) is 54.3 Å². The summed E-state index contributed by atoms with van der Waals surface area (Å²) in [4.78, 5) is 27.2. The van der Waals surface area contributed by atoms with E-state index in [1.54, 1.807) is 45.1 Å². The first-order valence-corrected chi connectivity index (χ1v) is 12.7. The number of nitrogens with zero attached hydrogens (tertiary/aromatic N) is 3. The molecule has 1 saturated heterocycles. The second kappa shape index (κ2) is 8.46. The van der Waals surface area contributed by atoms with Gasteiger partial charge in [-0.1, -0.05) is 17.4 Å². The fourth-order valence-electron chi connectivity index (χ4n) is 3.45. The van der Waals surface area contributed by atoms with Crippen LogP contribution in [0, 0.1) is 0 Å². The molecule has 1 fully saturated rings. The highest BCUT2D eigenvalue weighted by molar-refractivity contribution is 7.89. The van der Waals surface area contributed by atoms with E-state index in [9.17, 15) is 18.0 Å². The molecule has 1 amide bonds. The van der Waals surface area contributed by atoms with Gasteiger partial charge in [-0.25, -0.2) is 8.42 Å². The molecule has 3 heterocycles. The van der Waals surface area contributed by atoms with Crippen LogP contribution >= 0.6 is 22.7 Å². The number of carbonyl (C=O) groups excluding carboxylic acids is 1. The van der Waals surface area contributed by atoms with Crippen molar-refractivity contribution in [3.05, 3.63) is 56.3 Å². The maximum Gasteiger partial charge on any atom is 0.308 e. The summed E-state index contributed by atoms with van der Waals surface area (Å²) in [5.74, 6) is -0.118. The molecule has 0 unspecified atom stereocenters. The zero-order valence-electron chi connectivity index (χ0n) is 16.4. The smallest absolute Gasteiger partial charge is 0.308 e. The number of hydrogen-bond acceptors (Lipinski definition) is 6. The molecule has 0 aliphatic carbocycles. The van der Waals surface area contributed by atoms with Crippen LogP contribution in [0.2, 0.25) is 0 Å². The largest absolute Gasteiger partial charge is 0.337 e. The minimum atomic E-state index is -3.69. The summed E-state index contributed by atoms with van der Waals surface area (Å²) < 4.78 is 29.9. The lowest BCUT2D eigenvalue weighted by atomic mass is 10.3. The van der Waals surface area contributed by atoms with E-state index in [1.807, 2.05) is 24.4 Å². The van der Waals surface area contributed by atoms with E-state index in [0.29, 0.717) is 24.3 Å². The van der Waals surface area contributed by atoms with Gasteiger partial charge in [0, 0.05) is 43.7 Å². The van der Waals surface area contributed by atoms with E-state index in [4.69, 9.17) is 0 Å². The van der Waals surface area contributed by atoms with Crippen molar-refractivity contribution >= 4 is 54.9 Å². The zero-order chi connectivity index (χ0) is 21.3. The third kappa shape index (κ3) is 4.00. The number of thiophene rings is 1. The quantitative estimate of drug-likeness (QED) is 0.545. The van der Waals surface area contributed by atoms with Gasteiger partial charge in [-0.15, -0.1) is 11.3 Å². The van der Waals surface area contributed by atoms with Gasteiger partial charge in [-0.3, -0.25) is 14.2 Å². The number of thiazole rings is 1. The van der Waals surface area contributed by atoms with Gasteiger partial charge in [0.05, 0.1) is 15.1 Å². The summed E-state index contributed by atoms with van der Waals surface area (Å²) >= 11 is 2.61. The molecule has 0 N–H and O–H groups in total. The Morgan fingerprint density at radius 1 is 1.17 bits per heavy atom. The SMILES string of the molecule is CCn1c(=O)sc2cc(S(=O)(=O)N3CCN(C(=O)C=Cc4cccs4)CC3)ccc21.